The molecule has 1 aliphatic heterocycles. The number of benzene rings is 2. The van der Waals surface area contributed by atoms with E-state index >= 15 is 0 Å². The number of rotatable bonds is 6. The molecule has 29 heavy (non-hydrogen) atoms. The number of nitrogens with zero attached hydrogens (tertiary/aromatic N) is 1. The van der Waals surface area contributed by atoms with Crippen LogP contribution in [0.1, 0.15) is 28.3 Å². The second-order valence-corrected chi connectivity index (χ2v) is 9.84. The van der Waals surface area contributed by atoms with Crippen LogP contribution in [0.5, 0.6) is 0 Å². The number of fused-ring (bicyclic) bond motifs is 1. The lowest BCUT2D eigenvalue weighted by Crippen LogP contribution is -2.40. The summed E-state index contributed by atoms with van der Waals surface area (Å²) >= 11 is 1.61. The first-order valence-corrected chi connectivity index (χ1v) is 12.0. The fraction of sp³-hybridized carbons (Fsp3) is 0.273. The van der Waals surface area contributed by atoms with Gasteiger partial charge in [0.2, 0.25) is 10.0 Å². The quantitative estimate of drug-likeness (QED) is 0.635. The normalized spacial score (nSPS) is 15.8. The van der Waals surface area contributed by atoms with Gasteiger partial charge in [-0.25, -0.2) is 17.5 Å². The Morgan fingerprint density at radius 1 is 1.17 bits per heavy atom. The van der Waals surface area contributed by atoms with Gasteiger partial charge in [-0.1, -0.05) is 24.3 Å². The van der Waals surface area contributed by atoms with Gasteiger partial charge in [-0.05, 0) is 70.6 Å². The molecule has 2 heterocycles. The molecule has 4 nitrogen and oxygen atoms in total. The van der Waals surface area contributed by atoms with Crippen LogP contribution in [-0.4, -0.2) is 26.4 Å². The molecule has 2 aromatic carbocycles. The van der Waals surface area contributed by atoms with Crippen molar-refractivity contribution in [1.82, 2.24) is 9.62 Å². The summed E-state index contributed by atoms with van der Waals surface area (Å²) in [7, 11) is -3.73. The van der Waals surface area contributed by atoms with Gasteiger partial charge in [0, 0.05) is 25.7 Å². The highest BCUT2D eigenvalue weighted by Gasteiger charge is 2.27. The zero-order valence-electron chi connectivity index (χ0n) is 16.1. The Kier molecular flexibility index (Phi) is 5.83. The molecule has 0 unspecified atom stereocenters. The molecule has 0 fully saturated rings. The van der Waals surface area contributed by atoms with Crippen LogP contribution in [0.2, 0.25) is 0 Å². The first kappa shape index (κ1) is 20.2. The van der Waals surface area contributed by atoms with Crippen molar-refractivity contribution < 1.29 is 12.8 Å². The number of sulfonamides is 1. The molecule has 0 spiro atoms. The summed E-state index contributed by atoms with van der Waals surface area (Å²) in [5.74, 6) is -0.440. The molecule has 1 aromatic heterocycles. The Morgan fingerprint density at radius 3 is 2.69 bits per heavy atom. The summed E-state index contributed by atoms with van der Waals surface area (Å²) in [6.07, 6.45) is 0.945. The Morgan fingerprint density at radius 2 is 1.97 bits per heavy atom. The molecular weight excluding hydrogens is 407 g/mol. The standard InChI is InChI=1S/C22H23FN2O2S2/c1-16-12-20(23)6-7-22(16)29(26,27)24-13-21(19-9-11-28-15-19)25-10-8-17-4-2-3-5-18(17)14-25/h2-7,9,11-12,15,21,24H,8,10,13-14H2,1H3/t21-/m1/s1. The molecular formula is C22H23FN2O2S2. The third-order valence-corrected chi connectivity index (χ3v) is 7.71. The number of hydrogen-bond acceptors (Lipinski definition) is 4. The molecule has 152 valence electrons. The van der Waals surface area contributed by atoms with E-state index in [4.69, 9.17) is 0 Å². The van der Waals surface area contributed by atoms with Crippen LogP contribution < -0.4 is 4.72 Å². The number of hydrogen-bond donors (Lipinski definition) is 1. The van der Waals surface area contributed by atoms with Crippen molar-refractivity contribution in [3.05, 3.63) is 87.4 Å². The van der Waals surface area contributed by atoms with Gasteiger partial charge < -0.3 is 0 Å². The minimum absolute atomic E-state index is 0.0647. The van der Waals surface area contributed by atoms with E-state index in [1.54, 1.807) is 18.3 Å². The number of thiophene rings is 1. The van der Waals surface area contributed by atoms with Gasteiger partial charge in [-0.15, -0.1) is 0 Å². The van der Waals surface area contributed by atoms with Crippen molar-refractivity contribution in [2.45, 2.75) is 30.8 Å². The SMILES string of the molecule is Cc1cc(F)ccc1S(=O)(=O)NC[C@H](c1ccsc1)N1CCc2ccccc2C1. The first-order valence-electron chi connectivity index (χ1n) is 9.53. The summed E-state index contributed by atoms with van der Waals surface area (Å²) in [5, 5.41) is 4.08. The predicted octanol–water partition coefficient (Wildman–Crippen LogP) is 4.27. The molecule has 1 aliphatic rings. The summed E-state index contributed by atoms with van der Waals surface area (Å²) < 4.78 is 41.9. The summed E-state index contributed by atoms with van der Waals surface area (Å²) in [6, 6.07) is 14.1. The van der Waals surface area contributed by atoms with Gasteiger partial charge in [0.05, 0.1) is 4.90 Å². The van der Waals surface area contributed by atoms with Crippen molar-refractivity contribution in [2.75, 3.05) is 13.1 Å². The monoisotopic (exact) mass is 430 g/mol. The van der Waals surface area contributed by atoms with Crippen LogP contribution in [0.25, 0.3) is 0 Å². The smallest absolute Gasteiger partial charge is 0.240 e. The second-order valence-electron chi connectivity index (χ2n) is 7.32. The second kappa shape index (κ2) is 8.36. The summed E-state index contributed by atoms with van der Waals surface area (Å²) in [5.41, 5.74) is 4.15. The highest BCUT2D eigenvalue weighted by molar-refractivity contribution is 7.89. The Labute approximate surface area is 175 Å². The van der Waals surface area contributed by atoms with Crippen molar-refractivity contribution in [2.24, 2.45) is 0 Å². The van der Waals surface area contributed by atoms with E-state index in [-0.39, 0.29) is 17.5 Å². The molecule has 1 atom stereocenters. The highest BCUT2D eigenvalue weighted by Crippen LogP contribution is 2.29. The summed E-state index contributed by atoms with van der Waals surface area (Å²) in [4.78, 5) is 2.44. The molecule has 0 amide bonds. The topological polar surface area (TPSA) is 49.4 Å². The van der Waals surface area contributed by atoms with E-state index in [1.807, 2.05) is 17.5 Å². The first-order chi connectivity index (χ1) is 13.9. The zero-order valence-corrected chi connectivity index (χ0v) is 17.8. The maximum Gasteiger partial charge on any atom is 0.240 e. The fourth-order valence-corrected chi connectivity index (χ4v) is 5.86. The van der Waals surface area contributed by atoms with Crippen LogP contribution >= 0.6 is 11.3 Å². The minimum Gasteiger partial charge on any atom is -0.290 e. The van der Waals surface area contributed by atoms with E-state index in [0.29, 0.717) is 5.56 Å². The average Bonchev–Trinajstić information content (AvgIpc) is 3.22. The molecule has 3 aromatic rings. The molecule has 0 bridgehead atoms. The summed E-state index contributed by atoms with van der Waals surface area (Å²) in [6.45, 7) is 3.52. The van der Waals surface area contributed by atoms with E-state index in [9.17, 15) is 12.8 Å². The van der Waals surface area contributed by atoms with Crippen molar-refractivity contribution >= 4 is 21.4 Å². The molecule has 0 saturated carbocycles. The highest BCUT2D eigenvalue weighted by atomic mass is 32.2. The van der Waals surface area contributed by atoms with Crippen molar-refractivity contribution in [3.8, 4) is 0 Å². The van der Waals surface area contributed by atoms with Gasteiger partial charge >= 0.3 is 0 Å². The van der Waals surface area contributed by atoms with Gasteiger partial charge in [0.15, 0.2) is 0 Å². The minimum atomic E-state index is -3.73. The van der Waals surface area contributed by atoms with Crippen molar-refractivity contribution in [3.63, 3.8) is 0 Å². The molecule has 1 N–H and O–H groups in total. The lowest BCUT2D eigenvalue weighted by Gasteiger charge is -2.35. The van der Waals surface area contributed by atoms with Crippen LogP contribution in [0, 0.1) is 12.7 Å². The number of nitrogens with one attached hydrogen (secondary N) is 1. The molecule has 7 heteroatoms. The van der Waals surface area contributed by atoms with E-state index in [0.717, 1.165) is 25.1 Å². The fourth-order valence-electron chi connectivity index (χ4n) is 3.89. The van der Waals surface area contributed by atoms with Gasteiger partial charge in [0.25, 0.3) is 0 Å². The van der Waals surface area contributed by atoms with E-state index in [2.05, 4.69) is 33.2 Å². The van der Waals surface area contributed by atoms with Gasteiger partial charge in [-0.2, -0.15) is 11.3 Å². The Bertz CT molecular complexity index is 1100. The van der Waals surface area contributed by atoms with Gasteiger partial charge in [-0.3, -0.25) is 4.90 Å². The Balaban J connectivity index is 1.56. The molecule has 0 aliphatic carbocycles. The van der Waals surface area contributed by atoms with Crippen LogP contribution in [0.3, 0.4) is 0 Å². The van der Waals surface area contributed by atoms with E-state index < -0.39 is 15.8 Å². The predicted molar refractivity (Wildman–Crippen MR) is 114 cm³/mol. The van der Waals surface area contributed by atoms with Crippen molar-refractivity contribution in [1.29, 1.82) is 0 Å². The van der Waals surface area contributed by atoms with Crippen LogP contribution in [0.15, 0.2) is 64.2 Å². The average molecular weight is 431 g/mol. The Hall–Kier alpha value is -2.06. The van der Waals surface area contributed by atoms with Crippen LogP contribution in [-0.2, 0) is 23.0 Å². The van der Waals surface area contributed by atoms with Gasteiger partial charge in [0.1, 0.15) is 5.82 Å². The molecule has 4 rings (SSSR count). The largest absolute Gasteiger partial charge is 0.290 e. The van der Waals surface area contributed by atoms with E-state index in [1.165, 1.54) is 29.3 Å². The third kappa shape index (κ3) is 4.43. The molecule has 0 radical (unpaired) electrons. The molecule has 0 saturated heterocycles. The third-order valence-electron chi connectivity index (χ3n) is 5.42. The number of aryl methyl sites for hydroxylation is 1. The lowest BCUT2D eigenvalue weighted by molar-refractivity contribution is 0.181. The lowest BCUT2D eigenvalue weighted by atomic mass is 9.97. The maximum atomic E-state index is 13.4. The zero-order chi connectivity index (χ0) is 20.4. The maximum absolute atomic E-state index is 13.4. The van der Waals surface area contributed by atoms with Crippen LogP contribution in [0.4, 0.5) is 4.39 Å². The number of halogens is 1.